The third-order valence-electron chi connectivity index (χ3n) is 7.94. The minimum Gasteiger partial charge on any atom is -0.488 e. The number of amides is 1. The van der Waals surface area contributed by atoms with E-state index in [1.165, 1.54) is 19.3 Å². The minimum atomic E-state index is -0.250. The van der Waals surface area contributed by atoms with Crippen molar-refractivity contribution in [2.75, 3.05) is 44.3 Å². The van der Waals surface area contributed by atoms with E-state index < -0.39 is 0 Å². The summed E-state index contributed by atoms with van der Waals surface area (Å²) in [6.45, 7) is 6.50. The van der Waals surface area contributed by atoms with Crippen LogP contribution < -0.4 is 9.64 Å². The highest BCUT2D eigenvalue weighted by Gasteiger charge is 2.34. The first-order valence-corrected chi connectivity index (χ1v) is 14.8. The highest BCUT2D eigenvalue weighted by Crippen LogP contribution is 2.40. The highest BCUT2D eigenvalue weighted by atomic mass is 32.1. The Bertz CT molecular complexity index is 1420. The Hall–Kier alpha value is -3.94. The molecule has 3 aromatic rings. The predicted molar refractivity (Wildman–Crippen MR) is 156 cm³/mol. The Morgan fingerprint density at radius 1 is 1.20 bits per heavy atom. The number of carbonyl (C=O) groups is 2. The molecule has 3 fully saturated rings. The molecule has 1 N–H and O–H groups in total. The van der Waals surface area contributed by atoms with Crippen LogP contribution in [0.4, 0.5) is 5.13 Å². The topological polar surface area (TPSA) is 116 Å². The van der Waals surface area contributed by atoms with Gasteiger partial charge in [-0.15, -0.1) is 11.3 Å². The predicted octanol–water partition coefficient (Wildman–Crippen LogP) is 4.98. The molecule has 2 saturated heterocycles. The van der Waals surface area contributed by atoms with E-state index in [1.54, 1.807) is 28.4 Å². The maximum atomic E-state index is 12.9. The largest absolute Gasteiger partial charge is 0.488 e. The zero-order valence-electron chi connectivity index (χ0n) is 23.1. The number of anilines is 1. The second kappa shape index (κ2) is 13.1. The van der Waals surface area contributed by atoms with Crippen molar-refractivity contribution in [1.82, 2.24) is 9.88 Å². The molecule has 0 radical (unpaired) electrons. The molecular formula is C31H34N4O5S. The van der Waals surface area contributed by atoms with Gasteiger partial charge >= 0.3 is 0 Å². The molecule has 0 spiro atoms. The summed E-state index contributed by atoms with van der Waals surface area (Å²) in [5.74, 6) is 2.29. The number of aryl methyl sites for hydroxylation is 1. The molecule has 3 heterocycles. The molecule has 9 nitrogen and oxygen atoms in total. The summed E-state index contributed by atoms with van der Waals surface area (Å²) < 4.78 is 11.6. The molecule has 2 atom stereocenters. The SMILES string of the molecule is Cc1ccc(OCc2ccc(C(=O)N3CCOCC3)cc2C#N)c(-c2csc(N3CC4CCC(C4)C3)n2)c1.O=CO. The Kier molecular flexibility index (Phi) is 9.17. The van der Waals surface area contributed by atoms with Gasteiger partial charge in [-0.2, -0.15) is 5.26 Å². The van der Waals surface area contributed by atoms with E-state index in [0.717, 1.165) is 58.2 Å². The molecule has 6 rings (SSSR count). The number of aromatic nitrogens is 1. The van der Waals surface area contributed by atoms with E-state index in [1.807, 2.05) is 18.2 Å². The first-order chi connectivity index (χ1) is 20.0. The van der Waals surface area contributed by atoms with Gasteiger partial charge in [0, 0.05) is 48.2 Å². The van der Waals surface area contributed by atoms with Crippen molar-refractivity contribution >= 4 is 28.8 Å². The van der Waals surface area contributed by atoms with Crippen LogP contribution in [0.3, 0.4) is 0 Å². The van der Waals surface area contributed by atoms with Crippen LogP contribution in [0, 0.1) is 30.1 Å². The lowest BCUT2D eigenvalue weighted by atomic mass is 9.99. The zero-order valence-corrected chi connectivity index (χ0v) is 23.9. The molecule has 2 unspecified atom stereocenters. The van der Waals surface area contributed by atoms with Crippen molar-refractivity contribution in [2.24, 2.45) is 11.8 Å². The van der Waals surface area contributed by atoms with Crippen LogP contribution in [0.25, 0.3) is 11.3 Å². The van der Waals surface area contributed by atoms with E-state index >= 15 is 0 Å². The van der Waals surface area contributed by atoms with Gasteiger partial charge in [0.05, 0.1) is 30.5 Å². The summed E-state index contributed by atoms with van der Waals surface area (Å²) in [5.41, 5.74) is 4.75. The molecule has 41 heavy (non-hydrogen) atoms. The van der Waals surface area contributed by atoms with Crippen molar-refractivity contribution in [3.05, 3.63) is 64.0 Å². The molecule has 2 bridgehead atoms. The number of nitrogens with zero attached hydrogens (tertiary/aromatic N) is 4. The first kappa shape index (κ1) is 28.6. The zero-order chi connectivity index (χ0) is 28.8. The molecule has 214 valence electrons. The van der Waals surface area contributed by atoms with Crippen LogP contribution in [0.1, 0.15) is 46.3 Å². The van der Waals surface area contributed by atoms with Crippen molar-refractivity contribution in [2.45, 2.75) is 32.8 Å². The van der Waals surface area contributed by atoms with Gasteiger partial charge in [-0.25, -0.2) is 4.98 Å². The molecule has 1 amide bonds. The van der Waals surface area contributed by atoms with E-state index in [-0.39, 0.29) is 19.0 Å². The highest BCUT2D eigenvalue weighted by molar-refractivity contribution is 7.14. The summed E-state index contributed by atoms with van der Waals surface area (Å²) in [6, 6.07) is 13.7. The third kappa shape index (κ3) is 6.69. The van der Waals surface area contributed by atoms with Crippen LogP contribution >= 0.6 is 11.3 Å². The van der Waals surface area contributed by atoms with Crippen molar-refractivity contribution in [1.29, 1.82) is 5.26 Å². The number of thiazole rings is 1. The molecule has 2 aliphatic heterocycles. The lowest BCUT2D eigenvalue weighted by molar-refractivity contribution is -0.122. The maximum Gasteiger partial charge on any atom is 0.290 e. The number of ether oxygens (including phenoxy) is 2. The van der Waals surface area contributed by atoms with Gasteiger partial charge in [-0.3, -0.25) is 9.59 Å². The fourth-order valence-electron chi connectivity index (χ4n) is 5.91. The van der Waals surface area contributed by atoms with E-state index in [4.69, 9.17) is 24.4 Å². The second-order valence-corrected chi connectivity index (χ2v) is 11.6. The van der Waals surface area contributed by atoms with Gasteiger partial charge in [0.1, 0.15) is 12.4 Å². The molecule has 1 aliphatic carbocycles. The monoisotopic (exact) mass is 574 g/mol. The Labute approximate surface area is 243 Å². The smallest absolute Gasteiger partial charge is 0.290 e. The number of hydrogen-bond donors (Lipinski definition) is 1. The van der Waals surface area contributed by atoms with Gasteiger partial charge in [0.2, 0.25) is 0 Å². The van der Waals surface area contributed by atoms with Gasteiger partial charge in [-0.1, -0.05) is 17.7 Å². The fraction of sp³-hybridized carbons (Fsp3) is 0.419. The molecule has 1 aromatic heterocycles. The summed E-state index contributed by atoms with van der Waals surface area (Å²) in [5, 5.41) is 19.9. The number of nitriles is 1. The first-order valence-electron chi connectivity index (χ1n) is 13.9. The number of morpholine rings is 1. The number of fused-ring (bicyclic) bond motifs is 2. The fourth-order valence-corrected chi connectivity index (χ4v) is 6.76. The Balaban J connectivity index is 0.00000108. The Morgan fingerprint density at radius 3 is 2.63 bits per heavy atom. The van der Waals surface area contributed by atoms with Crippen molar-refractivity contribution in [3.8, 4) is 23.1 Å². The maximum absolute atomic E-state index is 12.9. The third-order valence-corrected chi connectivity index (χ3v) is 8.84. The molecule has 3 aliphatic rings. The number of rotatable bonds is 6. The van der Waals surface area contributed by atoms with E-state index in [9.17, 15) is 10.1 Å². The number of piperidine rings is 1. The number of benzene rings is 2. The number of carboxylic acid groups (broad SMARTS) is 1. The van der Waals surface area contributed by atoms with Crippen LogP contribution in [0.2, 0.25) is 0 Å². The summed E-state index contributed by atoms with van der Waals surface area (Å²) in [7, 11) is 0. The second-order valence-electron chi connectivity index (χ2n) is 10.7. The number of hydrogen-bond acceptors (Lipinski definition) is 8. The normalized spacial score (nSPS) is 19.6. The summed E-state index contributed by atoms with van der Waals surface area (Å²) in [6.07, 6.45) is 4.07. The lowest BCUT2D eigenvalue weighted by Crippen LogP contribution is -2.40. The molecular weight excluding hydrogens is 540 g/mol. The summed E-state index contributed by atoms with van der Waals surface area (Å²) in [4.78, 5) is 30.5. The average molecular weight is 575 g/mol. The van der Waals surface area contributed by atoms with Gasteiger partial charge in [0.15, 0.2) is 5.13 Å². The molecule has 2 aromatic carbocycles. The van der Waals surface area contributed by atoms with Crippen molar-refractivity contribution in [3.63, 3.8) is 0 Å². The van der Waals surface area contributed by atoms with E-state index in [2.05, 4.69) is 29.3 Å². The lowest BCUT2D eigenvalue weighted by Gasteiger charge is -2.31. The summed E-state index contributed by atoms with van der Waals surface area (Å²) >= 11 is 1.71. The standard InChI is InChI=1S/C30H32N4O3S.CH2O2/c1-20-2-7-28(26(12-20)27-19-38-30(32-27)34-16-21-3-4-22(13-21)17-34)37-18-24-6-5-23(14-25(24)15-31)29(35)33-8-10-36-11-9-33;2-1-3/h2,5-7,12,14,19,21-22H,3-4,8-11,13,16-18H2,1H3;1H,(H,2,3). The van der Waals surface area contributed by atoms with Gasteiger partial charge in [-0.05, 0) is 62.3 Å². The van der Waals surface area contributed by atoms with Crippen molar-refractivity contribution < 1.29 is 24.2 Å². The van der Waals surface area contributed by atoms with E-state index in [0.29, 0.717) is 37.4 Å². The Morgan fingerprint density at radius 2 is 1.93 bits per heavy atom. The number of carbonyl (C=O) groups excluding carboxylic acids is 1. The van der Waals surface area contributed by atoms with Gasteiger partial charge < -0.3 is 24.4 Å². The average Bonchev–Trinajstić information content (AvgIpc) is 3.63. The van der Waals surface area contributed by atoms with Crippen LogP contribution in [-0.4, -0.2) is 66.8 Å². The molecule has 1 saturated carbocycles. The van der Waals surface area contributed by atoms with Crippen LogP contribution in [-0.2, 0) is 16.1 Å². The quantitative estimate of drug-likeness (QED) is 0.410. The van der Waals surface area contributed by atoms with Crippen LogP contribution in [0.15, 0.2) is 41.8 Å². The van der Waals surface area contributed by atoms with Gasteiger partial charge in [0.25, 0.3) is 12.4 Å². The molecule has 10 heteroatoms. The van der Waals surface area contributed by atoms with Crippen LogP contribution in [0.5, 0.6) is 5.75 Å². The minimum absolute atomic E-state index is 0.0702.